The van der Waals surface area contributed by atoms with E-state index in [4.69, 9.17) is 14.2 Å². The average Bonchev–Trinajstić information content (AvgIpc) is 2.60. The number of aliphatic hydroxyl groups excluding tert-OH is 6. The second-order valence-corrected chi connectivity index (χ2v) is 6.58. The van der Waals surface area contributed by atoms with Gasteiger partial charge >= 0.3 is 0 Å². The maximum absolute atomic E-state index is 11.3. The van der Waals surface area contributed by atoms with Gasteiger partial charge in [0.2, 0.25) is 5.91 Å². The molecule has 0 saturated carbocycles. The van der Waals surface area contributed by atoms with Crippen LogP contribution in [-0.2, 0) is 19.0 Å². The SMILES string of the molecule is CC(=O)N[C@H]1C(O)[C@H](O[C@@H]2OC(CO)[C@H](O)C(O)[C@@H]2O)C(CO)O[C@H]1C. The lowest BCUT2D eigenvalue weighted by atomic mass is 9.92. The Hall–Kier alpha value is -0.890. The van der Waals surface area contributed by atoms with Crippen molar-refractivity contribution in [1.82, 2.24) is 5.32 Å². The fourth-order valence-electron chi connectivity index (χ4n) is 3.23. The summed E-state index contributed by atoms with van der Waals surface area (Å²) in [5, 5.41) is 61.5. The van der Waals surface area contributed by atoms with Crippen molar-refractivity contribution in [3.63, 3.8) is 0 Å². The van der Waals surface area contributed by atoms with E-state index in [0.29, 0.717) is 0 Å². The van der Waals surface area contributed by atoms with Crippen LogP contribution >= 0.6 is 0 Å². The number of hydrogen-bond donors (Lipinski definition) is 7. The molecular formula is C15H27NO10. The summed E-state index contributed by atoms with van der Waals surface area (Å²) in [4.78, 5) is 11.3. The van der Waals surface area contributed by atoms with Crippen LogP contribution in [0.5, 0.6) is 0 Å². The van der Waals surface area contributed by atoms with Crippen molar-refractivity contribution in [3.05, 3.63) is 0 Å². The first-order valence-electron chi connectivity index (χ1n) is 8.38. The molecule has 26 heavy (non-hydrogen) atoms. The lowest BCUT2D eigenvalue weighted by molar-refractivity contribution is -0.335. The Morgan fingerprint density at radius 3 is 2.12 bits per heavy atom. The van der Waals surface area contributed by atoms with Gasteiger partial charge in [-0.05, 0) is 6.92 Å². The van der Waals surface area contributed by atoms with Gasteiger partial charge in [-0.3, -0.25) is 4.79 Å². The summed E-state index contributed by atoms with van der Waals surface area (Å²) in [6.45, 7) is 1.72. The lowest BCUT2D eigenvalue weighted by Crippen LogP contribution is -2.66. The molecule has 7 N–H and O–H groups in total. The molecule has 10 atom stereocenters. The molecule has 0 aromatic carbocycles. The van der Waals surface area contributed by atoms with Crippen molar-refractivity contribution in [3.8, 4) is 0 Å². The van der Waals surface area contributed by atoms with Crippen molar-refractivity contribution in [2.24, 2.45) is 0 Å². The van der Waals surface area contributed by atoms with Crippen LogP contribution in [0.2, 0.25) is 0 Å². The standard InChI is InChI=1S/C15H27NO10/c1-5-9(16-6(2)19)11(21)14(8(4-18)24-5)26-15-13(23)12(22)10(20)7(3-17)25-15/h5,7-15,17-18,20-23H,3-4H2,1-2H3,(H,16,19)/t5-,7?,8?,9+,10-,11?,12?,13-,14+,15-/m0/s1. The molecule has 2 aliphatic heterocycles. The van der Waals surface area contributed by atoms with Gasteiger partial charge in [0.15, 0.2) is 6.29 Å². The van der Waals surface area contributed by atoms with Gasteiger partial charge < -0.3 is 50.2 Å². The molecule has 4 unspecified atom stereocenters. The Kier molecular flexibility index (Phi) is 7.30. The molecule has 0 aromatic rings. The topological polar surface area (TPSA) is 178 Å². The zero-order chi connectivity index (χ0) is 19.6. The lowest BCUT2D eigenvalue weighted by Gasteiger charge is -2.46. The summed E-state index contributed by atoms with van der Waals surface area (Å²) in [6.07, 6.45) is -11.7. The molecule has 0 spiro atoms. The first-order valence-corrected chi connectivity index (χ1v) is 8.38. The third kappa shape index (κ3) is 4.32. The number of amides is 1. The zero-order valence-electron chi connectivity index (χ0n) is 14.5. The predicted octanol–water partition coefficient (Wildman–Crippen LogP) is -4.18. The maximum atomic E-state index is 11.3. The van der Waals surface area contributed by atoms with Crippen LogP contribution < -0.4 is 5.32 Å². The highest BCUT2D eigenvalue weighted by molar-refractivity contribution is 5.73. The maximum Gasteiger partial charge on any atom is 0.217 e. The number of carbonyl (C=O) groups is 1. The van der Waals surface area contributed by atoms with Crippen LogP contribution in [-0.4, -0.2) is 111 Å². The summed E-state index contributed by atoms with van der Waals surface area (Å²) < 4.78 is 16.3. The highest BCUT2D eigenvalue weighted by atomic mass is 16.7. The van der Waals surface area contributed by atoms with E-state index in [2.05, 4.69) is 5.32 Å². The Bertz CT molecular complexity index is 477. The van der Waals surface area contributed by atoms with Crippen LogP contribution in [0.25, 0.3) is 0 Å². The average molecular weight is 381 g/mol. The molecule has 2 saturated heterocycles. The molecular weight excluding hydrogens is 354 g/mol. The van der Waals surface area contributed by atoms with E-state index in [-0.39, 0.29) is 0 Å². The second-order valence-electron chi connectivity index (χ2n) is 6.58. The Morgan fingerprint density at radius 2 is 1.58 bits per heavy atom. The van der Waals surface area contributed by atoms with Gasteiger partial charge in [-0.2, -0.15) is 0 Å². The van der Waals surface area contributed by atoms with Gasteiger partial charge in [0.05, 0.1) is 25.4 Å². The Labute approximate surface area is 150 Å². The minimum Gasteiger partial charge on any atom is -0.394 e. The Balaban J connectivity index is 2.16. The first kappa shape index (κ1) is 21.4. The van der Waals surface area contributed by atoms with E-state index in [9.17, 15) is 35.4 Å². The van der Waals surface area contributed by atoms with Gasteiger partial charge in [-0.1, -0.05) is 0 Å². The van der Waals surface area contributed by atoms with Crippen LogP contribution in [0.1, 0.15) is 13.8 Å². The van der Waals surface area contributed by atoms with E-state index < -0.39 is 80.3 Å². The molecule has 1 amide bonds. The molecule has 0 bridgehead atoms. The number of rotatable bonds is 5. The largest absolute Gasteiger partial charge is 0.394 e. The van der Waals surface area contributed by atoms with Crippen molar-refractivity contribution in [2.75, 3.05) is 13.2 Å². The van der Waals surface area contributed by atoms with E-state index >= 15 is 0 Å². The number of carbonyl (C=O) groups excluding carboxylic acids is 1. The molecule has 2 aliphatic rings. The van der Waals surface area contributed by atoms with Crippen LogP contribution in [0.4, 0.5) is 0 Å². The summed E-state index contributed by atoms with van der Waals surface area (Å²) in [5.41, 5.74) is 0. The van der Waals surface area contributed by atoms with E-state index in [1.165, 1.54) is 6.92 Å². The van der Waals surface area contributed by atoms with Crippen LogP contribution in [0.15, 0.2) is 0 Å². The smallest absolute Gasteiger partial charge is 0.217 e. The fraction of sp³-hybridized carbons (Fsp3) is 0.933. The monoisotopic (exact) mass is 381 g/mol. The predicted molar refractivity (Wildman–Crippen MR) is 83.7 cm³/mol. The first-order chi connectivity index (χ1) is 12.2. The van der Waals surface area contributed by atoms with Gasteiger partial charge in [-0.15, -0.1) is 0 Å². The molecule has 2 fully saturated rings. The van der Waals surface area contributed by atoms with E-state index in [0.717, 1.165) is 0 Å². The molecule has 2 heterocycles. The highest BCUT2D eigenvalue weighted by Gasteiger charge is 2.50. The van der Waals surface area contributed by atoms with Gasteiger partial charge in [-0.25, -0.2) is 0 Å². The van der Waals surface area contributed by atoms with Gasteiger partial charge in [0.1, 0.15) is 42.7 Å². The number of ether oxygens (including phenoxy) is 3. The van der Waals surface area contributed by atoms with Crippen LogP contribution in [0.3, 0.4) is 0 Å². The highest BCUT2D eigenvalue weighted by Crippen LogP contribution is 2.29. The molecule has 11 heteroatoms. The van der Waals surface area contributed by atoms with E-state index in [1.54, 1.807) is 6.92 Å². The van der Waals surface area contributed by atoms with Crippen molar-refractivity contribution in [2.45, 2.75) is 75.0 Å². The molecule has 2 rings (SSSR count). The van der Waals surface area contributed by atoms with Crippen molar-refractivity contribution >= 4 is 5.91 Å². The van der Waals surface area contributed by atoms with Crippen LogP contribution in [0, 0.1) is 0 Å². The molecule has 0 radical (unpaired) electrons. The summed E-state index contributed by atoms with van der Waals surface area (Å²) in [5.74, 6) is -0.404. The summed E-state index contributed by atoms with van der Waals surface area (Å²) in [6, 6.07) is -0.842. The Morgan fingerprint density at radius 1 is 0.962 bits per heavy atom. The summed E-state index contributed by atoms with van der Waals surface area (Å²) >= 11 is 0. The van der Waals surface area contributed by atoms with Crippen molar-refractivity contribution < 1.29 is 49.6 Å². The van der Waals surface area contributed by atoms with Gasteiger partial charge in [0.25, 0.3) is 0 Å². The molecule has 11 nitrogen and oxygen atoms in total. The van der Waals surface area contributed by atoms with Gasteiger partial charge in [0, 0.05) is 6.92 Å². The second kappa shape index (κ2) is 8.87. The van der Waals surface area contributed by atoms with Crippen molar-refractivity contribution in [1.29, 1.82) is 0 Å². The number of hydrogen-bond acceptors (Lipinski definition) is 10. The quantitative estimate of drug-likeness (QED) is 0.247. The molecule has 0 aromatic heterocycles. The summed E-state index contributed by atoms with van der Waals surface area (Å²) in [7, 11) is 0. The van der Waals surface area contributed by atoms with E-state index in [1.807, 2.05) is 0 Å². The zero-order valence-corrected chi connectivity index (χ0v) is 14.5. The number of nitrogens with one attached hydrogen (secondary N) is 1. The number of aliphatic hydroxyl groups is 6. The third-order valence-corrected chi connectivity index (χ3v) is 4.66. The minimum atomic E-state index is -1.67. The third-order valence-electron chi connectivity index (χ3n) is 4.66. The fourth-order valence-corrected chi connectivity index (χ4v) is 3.23. The normalized spacial score (nSPS) is 46.8. The molecule has 152 valence electrons. The molecule has 0 aliphatic carbocycles. The minimum absolute atomic E-state index is 0.404.